The van der Waals surface area contributed by atoms with Gasteiger partial charge in [0.15, 0.2) is 0 Å². The average molecular weight is 244 g/mol. The van der Waals surface area contributed by atoms with E-state index in [1.54, 1.807) is 0 Å². The topological polar surface area (TPSA) is 32.3 Å². The molecule has 0 aromatic heterocycles. The van der Waals surface area contributed by atoms with Crippen molar-refractivity contribution in [2.75, 3.05) is 13.6 Å². The number of hydrogen-bond donors (Lipinski definition) is 1. The Bertz CT molecular complexity index is 427. The number of likely N-dealkylation sites (tertiary alicyclic amines) is 1. The highest BCUT2D eigenvalue weighted by atomic mass is 16.2. The molecule has 0 spiro atoms. The number of hydrogen-bond acceptors (Lipinski definition) is 2. The number of carbonyl (C=O) groups excluding carboxylic acids is 1. The largest absolute Gasteiger partial charge is 0.344 e. The van der Waals surface area contributed by atoms with Crippen molar-refractivity contribution in [3.63, 3.8) is 0 Å². The van der Waals surface area contributed by atoms with Crippen LogP contribution in [0.5, 0.6) is 0 Å². The van der Waals surface area contributed by atoms with Crippen LogP contribution in [0.1, 0.15) is 30.9 Å². The number of rotatable bonds is 4. The summed E-state index contributed by atoms with van der Waals surface area (Å²) in [6.45, 7) is 0.878. The predicted octanol–water partition coefficient (Wildman–Crippen LogP) is 1.96. The summed E-state index contributed by atoms with van der Waals surface area (Å²) in [6.07, 6.45) is 3.50. The molecular weight excluding hydrogens is 224 g/mol. The van der Waals surface area contributed by atoms with E-state index < -0.39 is 0 Å². The summed E-state index contributed by atoms with van der Waals surface area (Å²) in [5.41, 5.74) is 1.32. The van der Waals surface area contributed by atoms with Crippen LogP contribution < -0.4 is 5.32 Å². The van der Waals surface area contributed by atoms with Crippen LogP contribution in [0.4, 0.5) is 0 Å². The minimum Gasteiger partial charge on any atom is -0.344 e. The Morgan fingerprint density at radius 2 is 1.94 bits per heavy atom. The second-order valence-corrected chi connectivity index (χ2v) is 5.49. The fraction of sp³-hybridized carbons (Fsp3) is 0.533. The van der Waals surface area contributed by atoms with Gasteiger partial charge in [-0.05, 0) is 30.7 Å². The molecule has 3 rings (SSSR count). The number of nitrogens with zero attached hydrogens (tertiary/aromatic N) is 1. The molecule has 2 atom stereocenters. The lowest BCUT2D eigenvalue weighted by atomic mass is 10.0. The van der Waals surface area contributed by atoms with Gasteiger partial charge in [0.25, 0.3) is 0 Å². The molecule has 18 heavy (non-hydrogen) atoms. The van der Waals surface area contributed by atoms with Crippen molar-refractivity contribution >= 4 is 5.91 Å². The lowest BCUT2D eigenvalue weighted by molar-refractivity contribution is -0.128. The van der Waals surface area contributed by atoms with Crippen molar-refractivity contribution < 1.29 is 4.79 Å². The zero-order valence-electron chi connectivity index (χ0n) is 10.8. The average Bonchev–Trinajstić information content (AvgIpc) is 3.19. The molecule has 1 saturated heterocycles. The molecule has 2 fully saturated rings. The Hall–Kier alpha value is -1.35. The fourth-order valence-corrected chi connectivity index (χ4v) is 2.79. The van der Waals surface area contributed by atoms with E-state index in [-0.39, 0.29) is 11.9 Å². The standard InChI is InChI=1S/C15H20N2O/c1-17-10-9-13(15(17)18)16-14(12-7-8-12)11-5-3-2-4-6-11/h2-6,12-14,16H,7-10H2,1H3. The van der Waals surface area contributed by atoms with Gasteiger partial charge in [-0.3, -0.25) is 10.1 Å². The van der Waals surface area contributed by atoms with E-state index in [9.17, 15) is 4.79 Å². The van der Waals surface area contributed by atoms with E-state index in [0.717, 1.165) is 13.0 Å². The second-order valence-electron chi connectivity index (χ2n) is 5.49. The molecule has 1 aliphatic heterocycles. The van der Waals surface area contributed by atoms with Crippen LogP contribution >= 0.6 is 0 Å². The van der Waals surface area contributed by atoms with E-state index in [1.165, 1.54) is 18.4 Å². The zero-order chi connectivity index (χ0) is 12.5. The second kappa shape index (κ2) is 4.73. The summed E-state index contributed by atoms with van der Waals surface area (Å²) < 4.78 is 0. The predicted molar refractivity (Wildman–Crippen MR) is 71.1 cm³/mol. The van der Waals surface area contributed by atoms with Crippen LogP contribution in [0, 0.1) is 5.92 Å². The van der Waals surface area contributed by atoms with Crippen LogP contribution in [-0.2, 0) is 4.79 Å². The van der Waals surface area contributed by atoms with E-state index in [4.69, 9.17) is 0 Å². The summed E-state index contributed by atoms with van der Waals surface area (Å²) in [5, 5.41) is 3.58. The van der Waals surface area contributed by atoms with Gasteiger partial charge in [-0.15, -0.1) is 0 Å². The van der Waals surface area contributed by atoms with Gasteiger partial charge >= 0.3 is 0 Å². The van der Waals surface area contributed by atoms with Crippen molar-refractivity contribution in [2.24, 2.45) is 5.92 Å². The van der Waals surface area contributed by atoms with Crippen molar-refractivity contribution in [3.05, 3.63) is 35.9 Å². The van der Waals surface area contributed by atoms with E-state index >= 15 is 0 Å². The van der Waals surface area contributed by atoms with Crippen LogP contribution in [0.3, 0.4) is 0 Å². The Balaban J connectivity index is 1.74. The van der Waals surface area contributed by atoms with Crippen LogP contribution in [-0.4, -0.2) is 30.4 Å². The van der Waals surface area contributed by atoms with Gasteiger partial charge in [-0.25, -0.2) is 0 Å². The van der Waals surface area contributed by atoms with Crippen molar-refractivity contribution in [1.82, 2.24) is 10.2 Å². The Labute approximate surface area is 108 Å². The minimum atomic E-state index is 0.0146. The third-order valence-corrected chi connectivity index (χ3v) is 4.06. The number of likely N-dealkylation sites (N-methyl/N-ethyl adjacent to an activating group) is 1. The van der Waals surface area contributed by atoms with Crippen molar-refractivity contribution in [1.29, 1.82) is 0 Å². The molecule has 1 amide bonds. The normalized spacial score (nSPS) is 25.5. The minimum absolute atomic E-state index is 0.0146. The summed E-state index contributed by atoms with van der Waals surface area (Å²) in [5.74, 6) is 0.961. The molecule has 96 valence electrons. The SMILES string of the molecule is CN1CCC(NC(c2ccccc2)C2CC2)C1=O. The summed E-state index contributed by atoms with van der Waals surface area (Å²) >= 11 is 0. The third kappa shape index (κ3) is 2.27. The highest BCUT2D eigenvalue weighted by Crippen LogP contribution is 2.41. The van der Waals surface area contributed by atoms with Gasteiger partial charge in [0, 0.05) is 19.6 Å². The fourth-order valence-electron chi connectivity index (χ4n) is 2.79. The molecule has 1 aromatic rings. The maximum absolute atomic E-state index is 12.0. The maximum Gasteiger partial charge on any atom is 0.239 e. The lowest BCUT2D eigenvalue weighted by Gasteiger charge is -2.22. The summed E-state index contributed by atoms with van der Waals surface area (Å²) in [7, 11) is 1.89. The third-order valence-electron chi connectivity index (χ3n) is 4.06. The summed E-state index contributed by atoms with van der Waals surface area (Å²) in [4.78, 5) is 13.8. The molecule has 0 bridgehead atoms. The molecule has 1 N–H and O–H groups in total. The highest BCUT2D eigenvalue weighted by Gasteiger charge is 2.37. The molecule has 1 heterocycles. The van der Waals surface area contributed by atoms with Crippen LogP contribution in [0.25, 0.3) is 0 Å². The zero-order valence-corrected chi connectivity index (χ0v) is 10.8. The molecule has 2 unspecified atom stereocenters. The molecule has 1 saturated carbocycles. The molecule has 0 radical (unpaired) electrons. The monoisotopic (exact) mass is 244 g/mol. The maximum atomic E-state index is 12.0. The van der Waals surface area contributed by atoms with Crippen LogP contribution in [0.2, 0.25) is 0 Å². The van der Waals surface area contributed by atoms with E-state index in [0.29, 0.717) is 12.0 Å². The Morgan fingerprint density at radius 3 is 2.50 bits per heavy atom. The molecule has 3 nitrogen and oxygen atoms in total. The van der Waals surface area contributed by atoms with E-state index in [2.05, 4.69) is 29.6 Å². The van der Waals surface area contributed by atoms with Crippen molar-refractivity contribution in [2.45, 2.75) is 31.3 Å². The van der Waals surface area contributed by atoms with E-state index in [1.807, 2.05) is 18.0 Å². The number of benzene rings is 1. The van der Waals surface area contributed by atoms with Gasteiger partial charge < -0.3 is 4.90 Å². The van der Waals surface area contributed by atoms with Gasteiger partial charge in [0.05, 0.1) is 6.04 Å². The van der Waals surface area contributed by atoms with Gasteiger partial charge in [0.2, 0.25) is 5.91 Å². The smallest absolute Gasteiger partial charge is 0.239 e. The van der Waals surface area contributed by atoms with Crippen LogP contribution in [0.15, 0.2) is 30.3 Å². The first-order valence-electron chi connectivity index (χ1n) is 6.81. The Kier molecular flexibility index (Phi) is 3.08. The van der Waals surface area contributed by atoms with Gasteiger partial charge in [0.1, 0.15) is 0 Å². The quantitative estimate of drug-likeness (QED) is 0.878. The highest BCUT2D eigenvalue weighted by molar-refractivity contribution is 5.83. The van der Waals surface area contributed by atoms with Gasteiger partial charge in [-0.2, -0.15) is 0 Å². The molecule has 1 aliphatic carbocycles. The van der Waals surface area contributed by atoms with Crippen molar-refractivity contribution in [3.8, 4) is 0 Å². The van der Waals surface area contributed by atoms with Gasteiger partial charge in [-0.1, -0.05) is 30.3 Å². The summed E-state index contributed by atoms with van der Waals surface area (Å²) in [6, 6.07) is 10.9. The number of amides is 1. The molecular formula is C15H20N2O. The number of carbonyl (C=O) groups is 1. The molecule has 2 aliphatic rings. The first-order chi connectivity index (χ1) is 8.75. The molecule has 3 heteroatoms. The number of nitrogens with one attached hydrogen (secondary N) is 1. The first kappa shape index (κ1) is 11.7. The Morgan fingerprint density at radius 1 is 1.22 bits per heavy atom. The lowest BCUT2D eigenvalue weighted by Crippen LogP contribution is -2.39. The first-order valence-corrected chi connectivity index (χ1v) is 6.81. The molecule has 1 aromatic carbocycles.